The number of benzene rings is 2. The zero-order chi connectivity index (χ0) is 30.3. The Balaban J connectivity index is 1.45. The van der Waals surface area contributed by atoms with Gasteiger partial charge in [0.2, 0.25) is 5.91 Å². The van der Waals surface area contributed by atoms with E-state index in [0.29, 0.717) is 49.3 Å². The standard InChI is InChI=1S/C31H38N2O8S/c1-40-24-13-12-20(16-25(24)41-2)8-7-9-21(29(37)38)17-31(14-5-6-15-31)30(39)32-22-19-42-26-11-4-3-10-23(26)33(28(22)36)18-27(34)35/h3-4,10-13,16,21-22H,5-9,14-15,17-19H2,1-2H3,(H,32,39)(H,34,35)(H,37,38)/t21?,22-/m0/s1. The minimum atomic E-state index is -1.15. The fraction of sp³-hybridized carbons (Fsp3) is 0.484. The third-order valence-corrected chi connectivity index (χ3v) is 9.38. The van der Waals surface area contributed by atoms with Gasteiger partial charge in [0.05, 0.1) is 31.2 Å². The Labute approximate surface area is 249 Å². The summed E-state index contributed by atoms with van der Waals surface area (Å²) in [5.74, 6) is -2.14. The van der Waals surface area contributed by atoms with Crippen LogP contribution in [-0.2, 0) is 25.6 Å². The predicted octanol–water partition coefficient (Wildman–Crippen LogP) is 4.39. The van der Waals surface area contributed by atoms with Crippen LogP contribution in [0.15, 0.2) is 47.4 Å². The van der Waals surface area contributed by atoms with E-state index in [1.54, 1.807) is 26.4 Å². The lowest BCUT2D eigenvalue weighted by Crippen LogP contribution is -2.54. The molecule has 1 aliphatic heterocycles. The van der Waals surface area contributed by atoms with E-state index in [1.165, 1.54) is 16.7 Å². The molecule has 11 heteroatoms. The number of carboxylic acids is 2. The number of anilines is 1. The number of thioether (sulfide) groups is 1. The van der Waals surface area contributed by atoms with Gasteiger partial charge in [-0.25, -0.2) is 0 Å². The first-order chi connectivity index (χ1) is 20.2. The molecular weight excluding hydrogens is 560 g/mol. The minimum Gasteiger partial charge on any atom is -0.493 e. The maximum Gasteiger partial charge on any atom is 0.323 e. The molecule has 226 valence electrons. The van der Waals surface area contributed by atoms with Crippen molar-refractivity contribution in [3.63, 3.8) is 0 Å². The lowest BCUT2D eigenvalue weighted by Gasteiger charge is -2.33. The van der Waals surface area contributed by atoms with Crippen molar-refractivity contribution in [2.45, 2.75) is 62.3 Å². The topological polar surface area (TPSA) is 142 Å². The summed E-state index contributed by atoms with van der Waals surface area (Å²) < 4.78 is 10.7. The molecule has 0 radical (unpaired) electrons. The SMILES string of the molecule is COc1ccc(CCCC(CC2(C(=O)N[C@H]3CSc4ccccc4N(CC(=O)O)C3=O)CCCC2)C(=O)O)cc1OC. The van der Waals surface area contributed by atoms with Gasteiger partial charge in [-0.05, 0) is 68.4 Å². The molecule has 2 amide bonds. The molecule has 10 nitrogen and oxygen atoms in total. The Morgan fingerprint density at radius 2 is 1.79 bits per heavy atom. The molecule has 0 spiro atoms. The van der Waals surface area contributed by atoms with Crippen LogP contribution >= 0.6 is 11.8 Å². The Kier molecular flexibility index (Phi) is 10.4. The molecule has 2 aromatic carbocycles. The zero-order valence-corrected chi connectivity index (χ0v) is 24.8. The van der Waals surface area contributed by atoms with Crippen LogP contribution < -0.4 is 19.7 Å². The van der Waals surface area contributed by atoms with Crippen LogP contribution in [0.5, 0.6) is 11.5 Å². The van der Waals surface area contributed by atoms with Crippen molar-refractivity contribution in [2.24, 2.45) is 11.3 Å². The van der Waals surface area contributed by atoms with Gasteiger partial charge in [-0.2, -0.15) is 0 Å². The van der Waals surface area contributed by atoms with E-state index in [-0.39, 0.29) is 18.1 Å². The molecule has 0 saturated heterocycles. The second-order valence-corrected chi connectivity index (χ2v) is 12.0. The molecule has 42 heavy (non-hydrogen) atoms. The molecule has 2 aromatic rings. The van der Waals surface area contributed by atoms with Gasteiger partial charge < -0.3 is 25.0 Å². The summed E-state index contributed by atoms with van der Waals surface area (Å²) in [5.41, 5.74) is 0.609. The molecule has 4 rings (SSSR count). The van der Waals surface area contributed by atoms with Crippen molar-refractivity contribution >= 4 is 41.2 Å². The number of hydrogen-bond acceptors (Lipinski definition) is 7. The van der Waals surface area contributed by atoms with Crippen molar-refractivity contribution in [1.29, 1.82) is 0 Å². The minimum absolute atomic E-state index is 0.188. The highest BCUT2D eigenvalue weighted by Gasteiger charge is 2.45. The molecule has 1 unspecified atom stereocenters. The lowest BCUT2D eigenvalue weighted by molar-refractivity contribution is -0.145. The summed E-state index contributed by atoms with van der Waals surface area (Å²) in [6, 6.07) is 11.8. The fourth-order valence-corrected chi connectivity index (χ4v) is 7.09. The van der Waals surface area contributed by atoms with Gasteiger partial charge >= 0.3 is 11.9 Å². The van der Waals surface area contributed by atoms with E-state index in [2.05, 4.69) is 5.32 Å². The predicted molar refractivity (Wildman–Crippen MR) is 158 cm³/mol. The smallest absolute Gasteiger partial charge is 0.323 e. The summed E-state index contributed by atoms with van der Waals surface area (Å²) >= 11 is 1.39. The number of carbonyl (C=O) groups is 4. The highest BCUT2D eigenvalue weighted by atomic mass is 32.2. The lowest BCUT2D eigenvalue weighted by atomic mass is 9.75. The number of rotatable bonds is 13. The Morgan fingerprint density at radius 1 is 1.07 bits per heavy atom. The number of carbonyl (C=O) groups excluding carboxylic acids is 2. The largest absolute Gasteiger partial charge is 0.493 e. The van der Waals surface area contributed by atoms with Gasteiger partial charge in [0.1, 0.15) is 12.6 Å². The average Bonchev–Trinajstić information content (AvgIpc) is 3.42. The Bertz CT molecular complexity index is 1310. The van der Waals surface area contributed by atoms with Gasteiger partial charge in [0.25, 0.3) is 5.91 Å². The number of amides is 2. The summed E-state index contributed by atoms with van der Waals surface area (Å²) in [6.45, 7) is -0.519. The maximum atomic E-state index is 13.9. The number of nitrogens with zero attached hydrogens (tertiary/aromatic N) is 1. The first-order valence-electron chi connectivity index (χ1n) is 14.2. The van der Waals surface area contributed by atoms with Crippen LogP contribution in [0.2, 0.25) is 0 Å². The van der Waals surface area contributed by atoms with Crippen molar-refractivity contribution in [3.05, 3.63) is 48.0 Å². The van der Waals surface area contributed by atoms with Crippen LogP contribution in [0.1, 0.15) is 50.5 Å². The number of aryl methyl sites for hydroxylation is 1. The number of aliphatic carboxylic acids is 2. The summed E-state index contributed by atoms with van der Waals surface area (Å²) in [6.07, 6.45) is 4.55. The molecule has 2 atom stereocenters. The van der Waals surface area contributed by atoms with E-state index in [1.807, 2.05) is 30.3 Å². The quantitative estimate of drug-likeness (QED) is 0.306. The Morgan fingerprint density at radius 3 is 2.45 bits per heavy atom. The molecule has 0 aromatic heterocycles. The summed E-state index contributed by atoms with van der Waals surface area (Å²) in [5, 5.41) is 22.5. The van der Waals surface area contributed by atoms with Crippen LogP contribution in [0.25, 0.3) is 0 Å². The van der Waals surface area contributed by atoms with Gasteiger partial charge in [-0.1, -0.05) is 31.0 Å². The number of methoxy groups -OCH3 is 2. The third kappa shape index (κ3) is 7.18. The van der Waals surface area contributed by atoms with Crippen molar-refractivity contribution in [2.75, 3.05) is 31.4 Å². The van der Waals surface area contributed by atoms with E-state index < -0.39 is 41.8 Å². The fourth-order valence-electron chi connectivity index (χ4n) is 6.02. The van der Waals surface area contributed by atoms with Gasteiger partial charge in [0, 0.05) is 10.6 Å². The van der Waals surface area contributed by atoms with Crippen LogP contribution in [-0.4, -0.2) is 66.5 Å². The number of carboxylic acid groups (broad SMARTS) is 2. The maximum absolute atomic E-state index is 13.9. The number of para-hydroxylation sites is 1. The molecule has 1 heterocycles. The normalized spacial score (nSPS) is 18.5. The highest BCUT2D eigenvalue weighted by Crippen LogP contribution is 2.45. The van der Waals surface area contributed by atoms with Gasteiger partial charge in [-0.3, -0.25) is 24.1 Å². The number of nitrogens with one attached hydrogen (secondary N) is 1. The molecule has 1 fully saturated rings. The number of ether oxygens (including phenoxy) is 2. The third-order valence-electron chi connectivity index (χ3n) is 8.22. The zero-order valence-electron chi connectivity index (χ0n) is 24.0. The second kappa shape index (κ2) is 14.0. The van der Waals surface area contributed by atoms with E-state index in [0.717, 1.165) is 23.3 Å². The summed E-state index contributed by atoms with van der Waals surface area (Å²) in [7, 11) is 3.14. The highest BCUT2D eigenvalue weighted by molar-refractivity contribution is 7.99. The molecule has 0 bridgehead atoms. The first kappa shape index (κ1) is 31.2. The molecule has 3 N–H and O–H groups in total. The first-order valence-corrected chi connectivity index (χ1v) is 15.2. The monoisotopic (exact) mass is 598 g/mol. The van der Waals surface area contributed by atoms with Crippen LogP contribution in [0.4, 0.5) is 5.69 Å². The van der Waals surface area contributed by atoms with E-state index in [9.17, 15) is 29.4 Å². The molecular formula is C31H38N2O8S. The van der Waals surface area contributed by atoms with E-state index >= 15 is 0 Å². The van der Waals surface area contributed by atoms with Crippen molar-refractivity contribution < 1.29 is 38.9 Å². The van der Waals surface area contributed by atoms with Crippen LogP contribution in [0, 0.1) is 11.3 Å². The second-order valence-electron chi connectivity index (χ2n) is 10.9. The molecule has 1 saturated carbocycles. The van der Waals surface area contributed by atoms with Crippen molar-refractivity contribution in [3.8, 4) is 11.5 Å². The number of hydrogen-bond donors (Lipinski definition) is 3. The van der Waals surface area contributed by atoms with Crippen molar-refractivity contribution in [1.82, 2.24) is 5.32 Å². The number of fused-ring (bicyclic) bond motifs is 1. The Hall–Kier alpha value is -3.73. The summed E-state index contributed by atoms with van der Waals surface area (Å²) in [4.78, 5) is 53.3. The van der Waals surface area contributed by atoms with Gasteiger partial charge in [-0.15, -0.1) is 11.8 Å². The molecule has 1 aliphatic carbocycles. The van der Waals surface area contributed by atoms with E-state index in [4.69, 9.17) is 9.47 Å². The molecule has 2 aliphatic rings. The average molecular weight is 599 g/mol. The van der Waals surface area contributed by atoms with Crippen LogP contribution in [0.3, 0.4) is 0 Å². The van der Waals surface area contributed by atoms with Gasteiger partial charge in [0.15, 0.2) is 11.5 Å².